The average molecular weight is 643 g/mol. The summed E-state index contributed by atoms with van der Waals surface area (Å²) in [4.78, 5) is 0. The third-order valence-electron chi connectivity index (χ3n) is 5.02. The van der Waals surface area contributed by atoms with Gasteiger partial charge in [-0.1, -0.05) is 134 Å². The second-order valence-corrected chi connectivity index (χ2v) is 14.1. The Hall–Kier alpha value is -0.160. The Morgan fingerprint density at radius 3 is 0.795 bits per heavy atom. The lowest BCUT2D eigenvalue weighted by molar-refractivity contribution is 0.0710. The van der Waals surface area contributed by atoms with Crippen LogP contribution < -0.4 is 0 Å². The Kier molecular flexibility index (Phi) is 74.9. The molecule has 0 rings (SSSR count). The minimum Gasteiger partial charge on any atom is -0.381 e. The molecular weight excluding hydrogens is 544 g/mol. The standard InChI is InChI=1S/C10H22O.C9H20O.2C8H18O.5CH4/c1-9(2)5-7-11-8-6-10(3)4;1-8(2)5-6-10-7-9(3)4;1-7(2)5-9-6-8(3)4;1-7(2)5-6-9-8(3)4;;;;;/h9-10H,5-8H2,1-4H3;8-9H,5-7H2,1-4H3;2*7-8H,5-6H2,1-4H3;5*1H4. The van der Waals surface area contributed by atoms with E-state index in [0.29, 0.717) is 23.9 Å². The van der Waals surface area contributed by atoms with E-state index in [9.17, 15) is 0 Å². The molecule has 0 aliphatic rings. The lowest BCUT2D eigenvalue weighted by Crippen LogP contribution is -2.06. The van der Waals surface area contributed by atoms with Crippen LogP contribution in [0.4, 0.5) is 0 Å². The van der Waals surface area contributed by atoms with Crippen LogP contribution in [0.2, 0.25) is 0 Å². The van der Waals surface area contributed by atoms with Gasteiger partial charge in [0, 0.05) is 46.2 Å². The van der Waals surface area contributed by atoms with E-state index in [4.69, 9.17) is 18.9 Å². The van der Waals surface area contributed by atoms with Crippen LogP contribution in [0.1, 0.15) is 174 Å². The van der Waals surface area contributed by atoms with Gasteiger partial charge in [-0.3, -0.25) is 0 Å². The van der Waals surface area contributed by atoms with Gasteiger partial charge in [0.15, 0.2) is 0 Å². The minimum atomic E-state index is 0. The molecule has 0 saturated heterocycles. The first kappa shape index (κ1) is 66.3. The largest absolute Gasteiger partial charge is 0.381 e. The molecule has 282 valence electrons. The van der Waals surface area contributed by atoms with E-state index >= 15 is 0 Å². The lowest BCUT2D eigenvalue weighted by atomic mass is 10.1. The van der Waals surface area contributed by atoms with Gasteiger partial charge in [0.05, 0.1) is 6.10 Å². The Morgan fingerprint density at radius 2 is 0.545 bits per heavy atom. The van der Waals surface area contributed by atoms with Crippen molar-refractivity contribution < 1.29 is 18.9 Å². The zero-order valence-electron chi connectivity index (χ0n) is 30.0. The molecule has 0 bridgehead atoms. The van der Waals surface area contributed by atoms with Crippen LogP contribution in [0.3, 0.4) is 0 Å². The molecule has 0 aliphatic carbocycles. The summed E-state index contributed by atoms with van der Waals surface area (Å²) in [6, 6.07) is 0. The van der Waals surface area contributed by atoms with Crippen LogP contribution in [0.25, 0.3) is 0 Å². The fourth-order valence-corrected chi connectivity index (χ4v) is 2.46. The fourth-order valence-electron chi connectivity index (χ4n) is 2.46. The van der Waals surface area contributed by atoms with Crippen molar-refractivity contribution in [3.63, 3.8) is 0 Å². The van der Waals surface area contributed by atoms with Crippen molar-refractivity contribution in [3.8, 4) is 0 Å². The highest BCUT2D eigenvalue weighted by Gasteiger charge is 1.98. The van der Waals surface area contributed by atoms with Gasteiger partial charge >= 0.3 is 0 Å². The smallest absolute Gasteiger partial charge is 0.0518 e. The molecule has 0 aromatic rings. The highest BCUT2D eigenvalue weighted by Crippen LogP contribution is 2.03. The Balaban J connectivity index is -0.0000000512. The monoisotopic (exact) mass is 643 g/mol. The summed E-state index contributed by atoms with van der Waals surface area (Å²) >= 11 is 0. The van der Waals surface area contributed by atoms with Crippen LogP contribution >= 0.6 is 0 Å². The molecule has 0 amide bonds. The topological polar surface area (TPSA) is 36.9 Å². The fraction of sp³-hybridized carbons (Fsp3) is 1.00. The quantitative estimate of drug-likeness (QED) is 0.131. The molecule has 0 saturated carbocycles. The normalized spacial score (nSPS) is 10.1. The summed E-state index contributed by atoms with van der Waals surface area (Å²) in [5.74, 6) is 5.10. The average Bonchev–Trinajstić information content (AvgIpc) is 2.76. The molecular formula is C40H98O4. The Bertz CT molecular complexity index is 362. The summed E-state index contributed by atoms with van der Waals surface area (Å²) in [6.07, 6.45) is 5.14. The van der Waals surface area contributed by atoms with Gasteiger partial charge < -0.3 is 18.9 Å². The van der Waals surface area contributed by atoms with Crippen molar-refractivity contribution in [2.24, 2.45) is 41.4 Å². The van der Waals surface area contributed by atoms with Crippen molar-refractivity contribution >= 4 is 0 Å². The molecule has 0 heterocycles. The molecule has 0 aliphatic heterocycles. The van der Waals surface area contributed by atoms with E-state index in [0.717, 1.165) is 69.9 Å². The van der Waals surface area contributed by atoms with Gasteiger partial charge in [0.1, 0.15) is 0 Å². The zero-order valence-corrected chi connectivity index (χ0v) is 30.0. The van der Waals surface area contributed by atoms with Crippen molar-refractivity contribution in [2.45, 2.75) is 180 Å². The second kappa shape index (κ2) is 49.7. The molecule has 0 aromatic carbocycles. The predicted molar refractivity (Wildman–Crippen MR) is 210 cm³/mol. The summed E-state index contributed by atoms with van der Waals surface area (Å²) in [7, 11) is 0. The molecule has 0 unspecified atom stereocenters. The van der Waals surface area contributed by atoms with Crippen molar-refractivity contribution in [3.05, 3.63) is 0 Å². The van der Waals surface area contributed by atoms with E-state index in [1.807, 2.05) is 0 Å². The van der Waals surface area contributed by atoms with Crippen LogP contribution in [0.15, 0.2) is 0 Å². The third-order valence-corrected chi connectivity index (χ3v) is 5.02. The molecule has 0 N–H and O–H groups in total. The number of rotatable bonds is 19. The number of ether oxygens (including phenoxy) is 4. The van der Waals surface area contributed by atoms with Gasteiger partial charge in [-0.25, -0.2) is 0 Å². The summed E-state index contributed by atoms with van der Waals surface area (Å²) in [5.41, 5.74) is 0. The maximum absolute atomic E-state index is 5.46. The molecule has 4 nitrogen and oxygen atoms in total. The summed E-state index contributed by atoms with van der Waals surface area (Å²) < 4.78 is 21.6. The molecule has 44 heavy (non-hydrogen) atoms. The van der Waals surface area contributed by atoms with Gasteiger partial charge in [0.25, 0.3) is 0 Å². The molecule has 0 atom stereocenters. The summed E-state index contributed by atoms with van der Waals surface area (Å²) in [6.45, 7) is 41.4. The first-order valence-electron chi connectivity index (χ1n) is 16.4. The highest BCUT2D eigenvalue weighted by atomic mass is 16.5. The van der Waals surface area contributed by atoms with Gasteiger partial charge in [-0.05, 0) is 81.0 Å². The van der Waals surface area contributed by atoms with E-state index in [2.05, 4.69) is 111 Å². The highest BCUT2D eigenvalue weighted by molar-refractivity contribution is 4.47. The van der Waals surface area contributed by atoms with E-state index in [1.165, 1.54) is 25.7 Å². The van der Waals surface area contributed by atoms with Crippen molar-refractivity contribution in [1.29, 1.82) is 0 Å². The molecule has 0 radical (unpaired) electrons. The van der Waals surface area contributed by atoms with E-state index in [1.54, 1.807) is 0 Å². The minimum absolute atomic E-state index is 0. The number of hydrogen-bond donors (Lipinski definition) is 0. The zero-order chi connectivity index (χ0) is 31.2. The van der Waals surface area contributed by atoms with Crippen molar-refractivity contribution in [1.82, 2.24) is 0 Å². The van der Waals surface area contributed by atoms with Gasteiger partial charge in [-0.15, -0.1) is 0 Å². The first-order chi connectivity index (χ1) is 18.0. The molecule has 0 aromatic heterocycles. The Morgan fingerprint density at radius 1 is 0.295 bits per heavy atom. The van der Waals surface area contributed by atoms with Crippen LogP contribution in [0.5, 0.6) is 0 Å². The number of hydrogen-bond acceptors (Lipinski definition) is 4. The predicted octanol–water partition coefficient (Wildman–Crippen LogP) is 13.8. The third kappa shape index (κ3) is 96.9. The second-order valence-electron chi connectivity index (χ2n) is 14.1. The molecule has 0 spiro atoms. The summed E-state index contributed by atoms with van der Waals surface area (Å²) in [5, 5.41) is 0. The maximum Gasteiger partial charge on any atom is 0.0518 e. The molecule has 0 fully saturated rings. The lowest BCUT2D eigenvalue weighted by Gasteiger charge is -2.08. The van der Waals surface area contributed by atoms with E-state index in [-0.39, 0.29) is 37.1 Å². The van der Waals surface area contributed by atoms with Gasteiger partial charge in [0.2, 0.25) is 0 Å². The maximum atomic E-state index is 5.46. The van der Waals surface area contributed by atoms with Crippen molar-refractivity contribution in [2.75, 3.05) is 46.2 Å². The SMILES string of the molecule is C.C.C.C.C.CC(C)CCOC(C)C.CC(C)CCOCC(C)C.CC(C)CCOCCC(C)C.CC(C)COCC(C)C. The van der Waals surface area contributed by atoms with Crippen LogP contribution in [-0.4, -0.2) is 52.4 Å². The van der Waals surface area contributed by atoms with Crippen LogP contribution in [0, 0.1) is 41.4 Å². The molecule has 4 heteroatoms. The van der Waals surface area contributed by atoms with Gasteiger partial charge in [-0.2, -0.15) is 0 Å². The first-order valence-corrected chi connectivity index (χ1v) is 16.4. The van der Waals surface area contributed by atoms with Crippen LogP contribution in [-0.2, 0) is 18.9 Å². The van der Waals surface area contributed by atoms with E-state index < -0.39 is 0 Å². The Labute approximate surface area is 285 Å².